The van der Waals surface area contributed by atoms with Crippen molar-refractivity contribution >= 4 is 47.8 Å². The fraction of sp³-hybridized carbons (Fsp3) is 0.700. The topological polar surface area (TPSA) is 17.8 Å². The quantitative estimate of drug-likeness (QED) is 0.687. The zero-order valence-corrected chi connectivity index (χ0v) is 13.7. The Morgan fingerprint density at radius 2 is 1.93 bits per heavy atom. The molecule has 0 aliphatic carbocycles. The standard InChI is InChI=1S/C10H15Br3N2/c1-3-8-10(13)9(15(2)14-8)4-7(5-11)6-12/h7H,3-6H2,1-2H3. The van der Waals surface area contributed by atoms with Gasteiger partial charge in [0.15, 0.2) is 0 Å². The number of hydrogen-bond acceptors (Lipinski definition) is 1. The Morgan fingerprint density at radius 1 is 1.33 bits per heavy atom. The molecule has 0 aromatic carbocycles. The third kappa shape index (κ3) is 3.30. The van der Waals surface area contributed by atoms with Gasteiger partial charge in [-0.25, -0.2) is 0 Å². The summed E-state index contributed by atoms with van der Waals surface area (Å²) in [7, 11) is 2.01. The molecule has 1 aromatic heterocycles. The summed E-state index contributed by atoms with van der Waals surface area (Å²) in [5, 5.41) is 6.51. The molecule has 0 saturated heterocycles. The first kappa shape index (κ1) is 13.7. The minimum Gasteiger partial charge on any atom is -0.271 e. The molecular formula is C10H15Br3N2. The second kappa shape index (κ2) is 6.40. The molecule has 0 N–H and O–H groups in total. The molecule has 0 spiro atoms. The molecule has 0 fully saturated rings. The van der Waals surface area contributed by atoms with Crippen molar-refractivity contribution in [1.82, 2.24) is 9.78 Å². The summed E-state index contributed by atoms with van der Waals surface area (Å²) >= 11 is 10.7. The number of rotatable bonds is 5. The van der Waals surface area contributed by atoms with Crippen molar-refractivity contribution in [2.75, 3.05) is 10.7 Å². The first-order chi connectivity index (χ1) is 7.13. The summed E-state index contributed by atoms with van der Waals surface area (Å²) in [6, 6.07) is 0. The van der Waals surface area contributed by atoms with Crippen molar-refractivity contribution in [1.29, 1.82) is 0 Å². The van der Waals surface area contributed by atoms with Gasteiger partial charge in [-0.1, -0.05) is 38.8 Å². The zero-order valence-electron chi connectivity index (χ0n) is 8.93. The molecule has 0 aliphatic rings. The summed E-state index contributed by atoms with van der Waals surface area (Å²) in [6.07, 6.45) is 2.02. The van der Waals surface area contributed by atoms with E-state index in [4.69, 9.17) is 0 Å². The van der Waals surface area contributed by atoms with E-state index in [0.29, 0.717) is 5.92 Å². The van der Waals surface area contributed by atoms with E-state index in [1.807, 2.05) is 11.7 Å². The van der Waals surface area contributed by atoms with Crippen LogP contribution in [0.15, 0.2) is 4.47 Å². The highest BCUT2D eigenvalue weighted by Gasteiger charge is 2.16. The maximum atomic E-state index is 4.49. The molecule has 0 amide bonds. The average molecular weight is 403 g/mol. The van der Waals surface area contributed by atoms with Crippen LogP contribution in [0.4, 0.5) is 0 Å². The Bertz CT molecular complexity index is 319. The summed E-state index contributed by atoms with van der Waals surface area (Å²) in [5.74, 6) is 0.612. The van der Waals surface area contributed by atoms with Gasteiger partial charge in [0.1, 0.15) is 0 Å². The number of aryl methyl sites for hydroxylation is 2. The number of nitrogens with zero attached hydrogens (tertiary/aromatic N) is 2. The van der Waals surface area contributed by atoms with E-state index in [-0.39, 0.29) is 0 Å². The van der Waals surface area contributed by atoms with E-state index in [1.54, 1.807) is 0 Å². The van der Waals surface area contributed by atoms with Crippen LogP contribution in [0.2, 0.25) is 0 Å². The molecule has 0 radical (unpaired) electrons. The molecule has 1 heterocycles. The fourth-order valence-corrected chi connectivity index (χ4v) is 3.77. The van der Waals surface area contributed by atoms with Gasteiger partial charge >= 0.3 is 0 Å². The van der Waals surface area contributed by atoms with Gasteiger partial charge in [-0.3, -0.25) is 4.68 Å². The van der Waals surface area contributed by atoms with Crippen LogP contribution in [-0.2, 0) is 19.9 Å². The first-order valence-corrected chi connectivity index (χ1v) is 7.99. The van der Waals surface area contributed by atoms with Crippen molar-refractivity contribution in [2.45, 2.75) is 19.8 Å². The first-order valence-electron chi connectivity index (χ1n) is 4.96. The number of alkyl halides is 2. The molecule has 5 heteroatoms. The molecular weight excluding hydrogens is 388 g/mol. The number of hydrogen-bond donors (Lipinski definition) is 0. The smallest absolute Gasteiger partial charge is 0.0766 e. The van der Waals surface area contributed by atoms with E-state index in [2.05, 4.69) is 59.8 Å². The minimum absolute atomic E-state index is 0.612. The van der Waals surface area contributed by atoms with Crippen molar-refractivity contribution < 1.29 is 0 Å². The third-order valence-electron chi connectivity index (χ3n) is 2.42. The van der Waals surface area contributed by atoms with Gasteiger partial charge in [-0.05, 0) is 34.7 Å². The minimum atomic E-state index is 0.612. The maximum absolute atomic E-state index is 4.49. The van der Waals surface area contributed by atoms with Gasteiger partial charge in [-0.2, -0.15) is 5.10 Å². The highest BCUT2D eigenvalue weighted by Crippen LogP contribution is 2.25. The van der Waals surface area contributed by atoms with Gasteiger partial charge in [-0.15, -0.1) is 0 Å². The predicted molar refractivity (Wildman–Crippen MR) is 75.1 cm³/mol. The summed E-state index contributed by atoms with van der Waals surface area (Å²) in [5.41, 5.74) is 2.44. The Morgan fingerprint density at radius 3 is 2.33 bits per heavy atom. The van der Waals surface area contributed by atoms with E-state index >= 15 is 0 Å². The van der Waals surface area contributed by atoms with Crippen LogP contribution >= 0.6 is 47.8 Å². The lowest BCUT2D eigenvalue weighted by molar-refractivity contribution is 0.612. The van der Waals surface area contributed by atoms with Crippen LogP contribution in [0.3, 0.4) is 0 Å². The Balaban J connectivity index is 2.88. The van der Waals surface area contributed by atoms with Crippen LogP contribution in [0.25, 0.3) is 0 Å². The largest absolute Gasteiger partial charge is 0.271 e. The fourth-order valence-electron chi connectivity index (χ4n) is 1.47. The molecule has 0 bridgehead atoms. The lowest BCUT2D eigenvalue weighted by Crippen LogP contribution is -2.11. The number of aromatic nitrogens is 2. The predicted octanol–water partition coefficient (Wildman–Crippen LogP) is 3.69. The van der Waals surface area contributed by atoms with Gasteiger partial charge in [0.05, 0.1) is 15.9 Å². The number of halogens is 3. The van der Waals surface area contributed by atoms with Crippen LogP contribution < -0.4 is 0 Å². The van der Waals surface area contributed by atoms with Gasteiger partial charge in [0.25, 0.3) is 0 Å². The molecule has 86 valence electrons. The lowest BCUT2D eigenvalue weighted by atomic mass is 10.1. The Kier molecular flexibility index (Phi) is 5.85. The molecule has 1 aromatic rings. The highest BCUT2D eigenvalue weighted by atomic mass is 79.9. The highest BCUT2D eigenvalue weighted by molar-refractivity contribution is 9.10. The summed E-state index contributed by atoms with van der Waals surface area (Å²) < 4.78 is 3.17. The van der Waals surface area contributed by atoms with Crippen LogP contribution in [0.1, 0.15) is 18.3 Å². The zero-order chi connectivity index (χ0) is 11.4. The van der Waals surface area contributed by atoms with E-state index in [0.717, 1.165) is 29.2 Å². The Hall–Kier alpha value is 0.650. The maximum Gasteiger partial charge on any atom is 0.0766 e. The van der Waals surface area contributed by atoms with Gasteiger partial charge in [0.2, 0.25) is 0 Å². The molecule has 1 rings (SSSR count). The Labute approximate surface area is 116 Å². The second-order valence-corrected chi connectivity index (χ2v) is 5.65. The van der Waals surface area contributed by atoms with Crippen LogP contribution in [0, 0.1) is 5.92 Å². The van der Waals surface area contributed by atoms with E-state index in [9.17, 15) is 0 Å². The van der Waals surface area contributed by atoms with Crippen molar-refractivity contribution in [3.05, 3.63) is 15.9 Å². The SMILES string of the molecule is CCc1nn(C)c(CC(CBr)CBr)c1Br. The molecule has 0 atom stereocenters. The normalized spacial score (nSPS) is 11.3. The van der Waals surface area contributed by atoms with E-state index in [1.165, 1.54) is 10.2 Å². The molecule has 15 heavy (non-hydrogen) atoms. The second-order valence-electron chi connectivity index (χ2n) is 3.56. The van der Waals surface area contributed by atoms with Crippen molar-refractivity contribution in [3.8, 4) is 0 Å². The molecule has 0 aliphatic heterocycles. The molecule has 0 saturated carbocycles. The van der Waals surface area contributed by atoms with E-state index < -0.39 is 0 Å². The van der Waals surface area contributed by atoms with Crippen LogP contribution in [0.5, 0.6) is 0 Å². The monoisotopic (exact) mass is 400 g/mol. The van der Waals surface area contributed by atoms with Gasteiger partial charge < -0.3 is 0 Å². The lowest BCUT2D eigenvalue weighted by Gasteiger charge is -2.10. The van der Waals surface area contributed by atoms with Crippen molar-refractivity contribution in [2.24, 2.45) is 13.0 Å². The molecule has 2 nitrogen and oxygen atoms in total. The van der Waals surface area contributed by atoms with Gasteiger partial charge in [0, 0.05) is 17.7 Å². The molecule has 0 unspecified atom stereocenters. The summed E-state index contributed by atoms with van der Waals surface area (Å²) in [6.45, 7) is 2.13. The third-order valence-corrected chi connectivity index (χ3v) is 5.17. The van der Waals surface area contributed by atoms with Crippen molar-refractivity contribution in [3.63, 3.8) is 0 Å². The summed E-state index contributed by atoms with van der Waals surface area (Å²) in [4.78, 5) is 0. The average Bonchev–Trinajstić information content (AvgIpc) is 2.51. The van der Waals surface area contributed by atoms with Crippen LogP contribution in [-0.4, -0.2) is 20.4 Å².